The summed E-state index contributed by atoms with van der Waals surface area (Å²) in [6.45, 7) is 0. The van der Waals surface area contributed by atoms with E-state index in [9.17, 15) is 9.90 Å². The number of phenolic OH excluding ortho intramolecular Hbond substituents is 1. The third-order valence-electron chi connectivity index (χ3n) is 3.39. The molecule has 0 unspecified atom stereocenters. The van der Waals surface area contributed by atoms with E-state index in [0.29, 0.717) is 5.56 Å². The lowest BCUT2D eigenvalue weighted by atomic mass is 10.0. The molecule has 0 spiro atoms. The van der Waals surface area contributed by atoms with Crippen molar-refractivity contribution < 1.29 is 9.90 Å². The number of nitrogens with one attached hydrogen (secondary N) is 1. The smallest absolute Gasteiger partial charge is 0.271 e. The summed E-state index contributed by atoms with van der Waals surface area (Å²) in [5, 5.41) is 15.4. The van der Waals surface area contributed by atoms with E-state index < -0.39 is 0 Å². The minimum atomic E-state index is -0.258. The number of carbonyl (C=O) groups excluding carboxylic acids is 1. The van der Waals surface area contributed by atoms with Gasteiger partial charge in [-0.3, -0.25) is 4.79 Å². The van der Waals surface area contributed by atoms with Gasteiger partial charge in [-0.05, 0) is 63.2 Å². The van der Waals surface area contributed by atoms with Gasteiger partial charge in [0.25, 0.3) is 5.91 Å². The van der Waals surface area contributed by atoms with Gasteiger partial charge in [-0.15, -0.1) is 0 Å². The normalized spacial score (nSPS) is 11.0. The molecule has 3 aromatic carbocycles. The maximum Gasteiger partial charge on any atom is 0.271 e. The van der Waals surface area contributed by atoms with Crippen LogP contribution in [0.5, 0.6) is 5.75 Å². The number of phenols is 1. The van der Waals surface area contributed by atoms with E-state index in [0.717, 1.165) is 19.9 Å². The lowest BCUT2D eigenvalue weighted by Gasteiger charge is -2.04. The van der Waals surface area contributed by atoms with E-state index in [1.807, 2.05) is 59.0 Å². The van der Waals surface area contributed by atoms with Crippen molar-refractivity contribution in [3.8, 4) is 5.75 Å². The molecule has 3 aromatic rings. The molecule has 5 heteroatoms. The average molecular weight is 416 g/mol. The number of hydrogen-bond acceptors (Lipinski definition) is 3. The molecule has 0 saturated heterocycles. The van der Waals surface area contributed by atoms with Crippen LogP contribution in [0.15, 0.2) is 65.8 Å². The van der Waals surface area contributed by atoms with Crippen molar-refractivity contribution in [3.05, 3.63) is 75.4 Å². The second kappa shape index (κ2) is 6.78. The summed E-state index contributed by atoms with van der Waals surface area (Å²) in [6.07, 6.45) is 1.55. The fraction of sp³-hybridized carbons (Fsp3) is 0. The van der Waals surface area contributed by atoms with Gasteiger partial charge in [-0.2, -0.15) is 5.10 Å². The minimum Gasteiger partial charge on any atom is -0.507 e. The molecule has 1 amide bonds. The molecule has 4 nitrogen and oxygen atoms in total. The average Bonchev–Trinajstić information content (AvgIpc) is 2.57. The lowest BCUT2D eigenvalue weighted by molar-refractivity contribution is 0.0957. The molecule has 0 saturated carbocycles. The number of carbonyl (C=O) groups is 1. The van der Waals surface area contributed by atoms with E-state index in [1.165, 1.54) is 0 Å². The molecular formula is C18H13IN2O2. The van der Waals surface area contributed by atoms with E-state index in [4.69, 9.17) is 0 Å². The number of fused-ring (bicyclic) bond motifs is 1. The Morgan fingerprint density at radius 3 is 2.70 bits per heavy atom. The highest BCUT2D eigenvalue weighted by molar-refractivity contribution is 14.1. The Balaban J connectivity index is 1.78. The van der Waals surface area contributed by atoms with E-state index in [1.54, 1.807) is 30.5 Å². The van der Waals surface area contributed by atoms with E-state index >= 15 is 0 Å². The molecule has 2 N–H and O–H groups in total. The summed E-state index contributed by atoms with van der Waals surface area (Å²) in [6, 6.07) is 18.4. The quantitative estimate of drug-likeness (QED) is 0.387. The fourth-order valence-corrected chi connectivity index (χ4v) is 2.79. The van der Waals surface area contributed by atoms with Crippen molar-refractivity contribution in [2.24, 2.45) is 5.10 Å². The first-order chi connectivity index (χ1) is 11.1. The zero-order valence-corrected chi connectivity index (χ0v) is 14.2. The third-order valence-corrected chi connectivity index (χ3v) is 4.25. The van der Waals surface area contributed by atoms with Crippen molar-refractivity contribution in [1.82, 2.24) is 5.43 Å². The van der Waals surface area contributed by atoms with Crippen LogP contribution in [0.3, 0.4) is 0 Å². The monoisotopic (exact) mass is 416 g/mol. The SMILES string of the molecule is O=C(NN=Cc1ccc(O)c(I)c1)c1cccc2ccccc12. The van der Waals surface area contributed by atoms with Crippen LogP contribution in [-0.2, 0) is 0 Å². The number of aromatic hydroxyl groups is 1. The molecule has 0 fully saturated rings. The highest BCUT2D eigenvalue weighted by Crippen LogP contribution is 2.20. The Labute approximate surface area is 147 Å². The predicted octanol–water partition coefficient (Wildman–Crippen LogP) is 3.91. The van der Waals surface area contributed by atoms with Gasteiger partial charge in [0.15, 0.2) is 0 Å². The molecule has 3 rings (SSSR count). The summed E-state index contributed by atoms with van der Waals surface area (Å²) < 4.78 is 0.729. The first-order valence-corrected chi connectivity index (χ1v) is 8.03. The number of rotatable bonds is 3. The highest BCUT2D eigenvalue weighted by Gasteiger charge is 2.08. The molecule has 23 heavy (non-hydrogen) atoms. The van der Waals surface area contributed by atoms with Crippen LogP contribution in [0.1, 0.15) is 15.9 Å². The van der Waals surface area contributed by atoms with Crippen LogP contribution in [-0.4, -0.2) is 17.2 Å². The van der Waals surface area contributed by atoms with Crippen molar-refractivity contribution >= 4 is 45.5 Å². The summed E-state index contributed by atoms with van der Waals surface area (Å²) >= 11 is 2.03. The largest absolute Gasteiger partial charge is 0.507 e. The van der Waals surface area contributed by atoms with Crippen molar-refractivity contribution in [3.63, 3.8) is 0 Å². The summed E-state index contributed by atoms with van der Waals surface area (Å²) in [5.41, 5.74) is 3.92. The summed E-state index contributed by atoms with van der Waals surface area (Å²) in [7, 11) is 0. The van der Waals surface area contributed by atoms with Crippen LogP contribution in [0.2, 0.25) is 0 Å². The maximum absolute atomic E-state index is 12.3. The number of hydrogen-bond donors (Lipinski definition) is 2. The van der Waals surface area contributed by atoms with Crippen LogP contribution in [0.4, 0.5) is 0 Å². The lowest BCUT2D eigenvalue weighted by Crippen LogP contribution is -2.17. The standard InChI is InChI=1S/C18H13IN2O2/c19-16-10-12(8-9-17(16)22)11-20-21-18(23)15-7-3-5-13-4-1-2-6-14(13)15/h1-11,22H,(H,21,23). The van der Waals surface area contributed by atoms with Gasteiger partial charge in [-0.25, -0.2) is 5.43 Å². The van der Waals surface area contributed by atoms with Crippen LogP contribution in [0, 0.1) is 3.57 Å². The first-order valence-electron chi connectivity index (χ1n) is 6.95. The number of halogens is 1. The van der Waals surface area contributed by atoms with Gasteiger partial charge in [0.05, 0.1) is 9.78 Å². The zero-order chi connectivity index (χ0) is 16.2. The Morgan fingerprint density at radius 2 is 1.87 bits per heavy atom. The molecular weight excluding hydrogens is 403 g/mol. The van der Waals surface area contributed by atoms with Gasteiger partial charge >= 0.3 is 0 Å². The Kier molecular flexibility index (Phi) is 4.57. The van der Waals surface area contributed by atoms with Gasteiger partial charge in [0.1, 0.15) is 5.75 Å². The topological polar surface area (TPSA) is 61.7 Å². The minimum absolute atomic E-state index is 0.225. The Bertz CT molecular complexity index is 901. The Morgan fingerprint density at radius 1 is 1.09 bits per heavy atom. The zero-order valence-electron chi connectivity index (χ0n) is 12.0. The Hall–Kier alpha value is -2.41. The number of hydrazone groups is 1. The third kappa shape index (κ3) is 3.50. The molecule has 0 aliphatic carbocycles. The number of amides is 1. The van der Waals surface area contributed by atoms with Crippen LogP contribution in [0.25, 0.3) is 10.8 Å². The van der Waals surface area contributed by atoms with E-state index in [-0.39, 0.29) is 11.7 Å². The molecule has 0 bridgehead atoms. The maximum atomic E-state index is 12.3. The van der Waals surface area contributed by atoms with Crippen molar-refractivity contribution in [1.29, 1.82) is 0 Å². The summed E-state index contributed by atoms with van der Waals surface area (Å²) in [4.78, 5) is 12.3. The molecule has 0 aliphatic heterocycles. The first kappa shape index (κ1) is 15.5. The van der Waals surface area contributed by atoms with Gasteiger partial charge in [0.2, 0.25) is 0 Å². The molecule has 0 heterocycles. The highest BCUT2D eigenvalue weighted by atomic mass is 127. The fourth-order valence-electron chi connectivity index (χ4n) is 2.25. The van der Waals surface area contributed by atoms with Crippen molar-refractivity contribution in [2.45, 2.75) is 0 Å². The van der Waals surface area contributed by atoms with Gasteiger partial charge in [0, 0.05) is 5.56 Å². The molecule has 0 aromatic heterocycles. The number of benzene rings is 3. The molecule has 114 valence electrons. The van der Waals surface area contributed by atoms with Gasteiger partial charge < -0.3 is 5.11 Å². The second-order valence-corrected chi connectivity index (χ2v) is 6.10. The van der Waals surface area contributed by atoms with Gasteiger partial charge in [-0.1, -0.05) is 36.4 Å². The summed E-state index contributed by atoms with van der Waals surface area (Å²) in [5.74, 6) is -0.0333. The number of nitrogens with zero attached hydrogens (tertiary/aromatic N) is 1. The van der Waals surface area contributed by atoms with Crippen molar-refractivity contribution in [2.75, 3.05) is 0 Å². The predicted molar refractivity (Wildman–Crippen MR) is 99.8 cm³/mol. The molecule has 0 aliphatic rings. The van der Waals surface area contributed by atoms with Crippen LogP contribution < -0.4 is 5.43 Å². The van der Waals surface area contributed by atoms with E-state index in [2.05, 4.69) is 10.5 Å². The molecule has 0 radical (unpaired) electrons. The molecule has 0 atom stereocenters. The van der Waals surface area contributed by atoms with Crippen LogP contribution >= 0.6 is 22.6 Å². The second-order valence-electron chi connectivity index (χ2n) is 4.94.